The van der Waals surface area contributed by atoms with E-state index in [1.165, 1.54) is 11.8 Å². The number of anilines is 1. The molecule has 0 aromatic heterocycles. The maximum absolute atomic E-state index is 10.8. The van der Waals surface area contributed by atoms with Crippen molar-refractivity contribution in [2.45, 2.75) is 6.92 Å². The minimum atomic E-state index is -1.03. The number of benzene rings is 1. The van der Waals surface area contributed by atoms with Crippen LogP contribution in [0.5, 0.6) is 0 Å². The first kappa shape index (κ1) is 14.3. The Morgan fingerprint density at radius 1 is 1.33 bits per heavy atom. The molecule has 0 radical (unpaired) electrons. The van der Waals surface area contributed by atoms with Gasteiger partial charge < -0.3 is 15.1 Å². The van der Waals surface area contributed by atoms with Crippen molar-refractivity contribution >= 4 is 29.2 Å². The van der Waals surface area contributed by atoms with E-state index in [1.54, 1.807) is 24.3 Å². The maximum Gasteiger partial charge on any atom is 0.323 e. The Kier molecular flexibility index (Phi) is 4.97. The van der Waals surface area contributed by atoms with Crippen LogP contribution in [0.15, 0.2) is 24.3 Å². The van der Waals surface area contributed by atoms with Crippen molar-refractivity contribution in [3.05, 3.63) is 29.3 Å². The van der Waals surface area contributed by atoms with E-state index in [0.717, 1.165) is 0 Å². The lowest BCUT2D eigenvalue weighted by Gasteiger charge is -2.25. The predicted octanol–water partition coefficient (Wildman–Crippen LogP) is 1.95. The van der Waals surface area contributed by atoms with Crippen LogP contribution in [0.4, 0.5) is 5.69 Å². The van der Waals surface area contributed by atoms with Gasteiger partial charge in [0.25, 0.3) is 0 Å². The molecule has 0 fully saturated rings. The molecule has 18 heavy (non-hydrogen) atoms. The first-order chi connectivity index (χ1) is 8.41. The highest BCUT2D eigenvalue weighted by Crippen LogP contribution is 2.25. The van der Waals surface area contributed by atoms with Crippen LogP contribution in [0.3, 0.4) is 0 Å². The van der Waals surface area contributed by atoms with Crippen molar-refractivity contribution in [2.75, 3.05) is 18.0 Å². The summed E-state index contributed by atoms with van der Waals surface area (Å²) >= 11 is 5.98. The fraction of sp³-hybridized carbons (Fsp3) is 0.333. The monoisotopic (exact) mass is 271 g/mol. The van der Waals surface area contributed by atoms with Gasteiger partial charge in [0.1, 0.15) is 6.54 Å². The minimum absolute atomic E-state index is 0.0887. The van der Waals surface area contributed by atoms with E-state index in [4.69, 9.17) is 21.8 Å². The number of carbonyl (C=O) groups is 2. The highest BCUT2D eigenvalue weighted by atomic mass is 35.5. The molecular weight excluding hydrogens is 258 g/mol. The average molecular weight is 272 g/mol. The van der Waals surface area contributed by atoms with Gasteiger partial charge >= 0.3 is 11.9 Å². The molecule has 0 heterocycles. The van der Waals surface area contributed by atoms with Crippen molar-refractivity contribution in [1.82, 2.24) is 0 Å². The second-order valence-corrected chi connectivity index (χ2v) is 4.37. The molecule has 1 aromatic rings. The van der Waals surface area contributed by atoms with Crippen molar-refractivity contribution in [3.8, 4) is 0 Å². The van der Waals surface area contributed by atoms with Crippen molar-refractivity contribution in [3.63, 3.8) is 0 Å². The molecule has 0 bridgehead atoms. The van der Waals surface area contributed by atoms with Gasteiger partial charge in [-0.3, -0.25) is 9.59 Å². The lowest BCUT2D eigenvalue weighted by atomic mass is 10.1. The molecule has 1 atom stereocenters. The number of halogens is 1. The number of rotatable bonds is 6. The number of hydrogen-bond donors (Lipinski definition) is 2. The van der Waals surface area contributed by atoms with E-state index in [2.05, 4.69) is 0 Å². The number of hydrogen-bond acceptors (Lipinski definition) is 3. The Hall–Kier alpha value is -1.75. The van der Waals surface area contributed by atoms with Crippen LogP contribution in [0.1, 0.15) is 6.92 Å². The summed E-state index contributed by atoms with van der Waals surface area (Å²) in [5.74, 6) is -2.69. The molecule has 1 rings (SSSR count). The molecule has 0 amide bonds. The molecule has 2 N–H and O–H groups in total. The average Bonchev–Trinajstić information content (AvgIpc) is 2.28. The molecule has 0 aliphatic rings. The number of aliphatic carboxylic acids is 2. The molecule has 1 aromatic carbocycles. The Bertz CT molecular complexity index is 449. The summed E-state index contributed by atoms with van der Waals surface area (Å²) in [5, 5.41) is 18.1. The SMILES string of the molecule is CC(CN(CC(=O)O)c1ccccc1Cl)C(=O)O. The van der Waals surface area contributed by atoms with Crippen LogP contribution >= 0.6 is 11.6 Å². The number of carboxylic acids is 2. The van der Waals surface area contributed by atoms with Gasteiger partial charge in [-0.25, -0.2) is 0 Å². The second kappa shape index (κ2) is 6.26. The van der Waals surface area contributed by atoms with E-state index in [-0.39, 0.29) is 13.1 Å². The van der Waals surface area contributed by atoms with Gasteiger partial charge in [0.05, 0.1) is 16.6 Å². The Labute approximate surface area is 110 Å². The number of nitrogens with zero attached hydrogens (tertiary/aromatic N) is 1. The van der Waals surface area contributed by atoms with Gasteiger partial charge in [0, 0.05) is 6.54 Å². The first-order valence-corrected chi connectivity index (χ1v) is 5.73. The lowest BCUT2D eigenvalue weighted by molar-refractivity contribution is -0.141. The third-order valence-corrected chi connectivity index (χ3v) is 2.75. The zero-order valence-electron chi connectivity index (χ0n) is 9.84. The Balaban J connectivity index is 2.95. The van der Waals surface area contributed by atoms with E-state index >= 15 is 0 Å². The van der Waals surface area contributed by atoms with Gasteiger partial charge in [-0.05, 0) is 12.1 Å². The van der Waals surface area contributed by atoms with Crippen LogP contribution in [0, 0.1) is 5.92 Å². The van der Waals surface area contributed by atoms with Crippen LogP contribution in [0.2, 0.25) is 5.02 Å². The van der Waals surface area contributed by atoms with E-state index < -0.39 is 17.9 Å². The van der Waals surface area contributed by atoms with Gasteiger partial charge in [-0.2, -0.15) is 0 Å². The van der Waals surface area contributed by atoms with Crippen LogP contribution in [0.25, 0.3) is 0 Å². The summed E-state index contributed by atoms with van der Waals surface area (Å²) < 4.78 is 0. The maximum atomic E-state index is 10.8. The predicted molar refractivity (Wildman–Crippen MR) is 68.1 cm³/mol. The summed E-state index contributed by atoms with van der Waals surface area (Å²) in [6, 6.07) is 6.75. The molecule has 0 spiro atoms. The molecular formula is C12H14ClNO4. The quantitative estimate of drug-likeness (QED) is 0.827. The summed E-state index contributed by atoms with van der Waals surface area (Å²) in [7, 11) is 0. The molecule has 0 saturated carbocycles. The zero-order valence-corrected chi connectivity index (χ0v) is 10.6. The molecule has 0 saturated heterocycles. The Morgan fingerprint density at radius 2 is 1.94 bits per heavy atom. The van der Waals surface area contributed by atoms with Gasteiger partial charge in [0.2, 0.25) is 0 Å². The minimum Gasteiger partial charge on any atom is -0.481 e. The third-order valence-electron chi connectivity index (χ3n) is 2.44. The van der Waals surface area contributed by atoms with Crippen LogP contribution in [-0.4, -0.2) is 35.2 Å². The number of carboxylic acid groups (broad SMARTS) is 2. The Morgan fingerprint density at radius 3 is 2.44 bits per heavy atom. The summed E-state index contributed by atoms with van der Waals surface area (Å²) in [5.41, 5.74) is 0.523. The largest absolute Gasteiger partial charge is 0.481 e. The highest BCUT2D eigenvalue weighted by Gasteiger charge is 2.20. The lowest BCUT2D eigenvalue weighted by Crippen LogP contribution is -2.36. The van der Waals surface area contributed by atoms with Crippen molar-refractivity contribution in [2.24, 2.45) is 5.92 Å². The zero-order chi connectivity index (χ0) is 13.7. The van der Waals surface area contributed by atoms with Gasteiger partial charge in [0.15, 0.2) is 0 Å². The second-order valence-electron chi connectivity index (χ2n) is 3.96. The first-order valence-electron chi connectivity index (χ1n) is 5.36. The van der Waals surface area contributed by atoms with E-state index in [0.29, 0.717) is 10.7 Å². The van der Waals surface area contributed by atoms with Crippen LogP contribution in [-0.2, 0) is 9.59 Å². The molecule has 5 nitrogen and oxygen atoms in total. The smallest absolute Gasteiger partial charge is 0.323 e. The topological polar surface area (TPSA) is 77.8 Å². The van der Waals surface area contributed by atoms with E-state index in [1.807, 2.05) is 0 Å². The van der Waals surface area contributed by atoms with Gasteiger partial charge in [-0.15, -0.1) is 0 Å². The summed E-state index contributed by atoms with van der Waals surface area (Å²) in [4.78, 5) is 23.1. The fourth-order valence-corrected chi connectivity index (χ4v) is 1.78. The molecule has 98 valence electrons. The standard InChI is InChI=1S/C12H14ClNO4/c1-8(12(17)18)6-14(7-11(15)16)10-5-3-2-4-9(10)13/h2-5,8H,6-7H2,1H3,(H,15,16)(H,17,18). The van der Waals surface area contributed by atoms with Crippen molar-refractivity contribution in [1.29, 1.82) is 0 Å². The molecule has 1 unspecified atom stereocenters. The molecule has 0 aliphatic carbocycles. The fourth-order valence-electron chi connectivity index (χ4n) is 1.53. The molecule has 6 heteroatoms. The third kappa shape index (κ3) is 3.92. The van der Waals surface area contributed by atoms with Gasteiger partial charge in [-0.1, -0.05) is 30.7 Å². The van der Waals surface area contributed by atoms with E-state index in [9.17, 15) is 9.59 Å². The van der Waals surface area contributed by atoms with Crippen molar-refractivity contribution < 1.29 is 19.8 Å². The normalized spacial score (nSPS) is 11.9. The summed E-state index contributed by atoms with van der Waals surface area (Å²) in [6.45, 7) is 1.32. The molecule has 0 aliphatic heterocycles. The number of para-hydroxylation sites is 1. The summed E-state index contributed by atoms with van der Waals surface area (Å²) in [6.07, 6.45) is 0. The van der Waals surface area contributed by atoms with Crippen LogP contribution < -0.4 is 4.90 Å². The highest BCUT2D eigenvalue weighted by molar-refractivity contribution is 6.33.